The SMILES string of the molecule is COC(C)(C)CCC1=CC(Cl)CCC1. The molecule has 0 radical (unpaired) electrons. The summed E-state index contributed by atoms with van der Waals surface area (Å²) < 4.78 is 5.40. The maximum atomic E-state index is 6.09. The number of alkyl halides is 1. The van der Waals surface area contributed by atoms with Crippen LogP contribution in [0.2, 0.25) is 0 Å². The van der Waals surface area contributed by atoms with Gasteiger partial charge in [0.15, 0.2) is 0 Å². The van der Waals surface area contributed by atoms with Crippen LogP contribution in [0.25, 0.3) is 0 Å². The van der Waals surface area contributed by atoms with E-state index < -0.39 is 0 Å². The van der Waals surface area contributed by atoms with Gasteiger partial charge < -0.3 is 4.74 Å². The zero-order valence-corrected chi connectivity index (χ0v) is 10.2. The average Bonchev–Trinajstić information content (AvgIpc) is 2.15. The van der Waals surface area contributed by atoms with Gasteiger partial charge in [0.05, 0.1) is 11.0 Å². The lowest BCUT2D eigenvalue weighted by Gasteiger charge is -2.24. The predicted octanol–water partition coefficient (Wildman–Crippen LogP) is 3.91. The molecule has 0 spiro atoms. The van der Waals surface area contributed by atoms with Crippen molar-refractivity contribution in [2.24, 2.45) is 0 Å². The molecule has 0 aromatic heterocycles. The van der Waals surface area contributed by atoms with E-state index in [1.165, 1.54) is 18.4 Å². The van der Waals surface area contributed by atoms with Gasteiger partial charge >= 0.3 is 0 Å². The highest BCUT2D eigenvalue weighted by atomic mass is 35.5. The molecule has 1 nitrogen and oxygen atoms in total. The van der Waals surface area contributed by atoms with Crippen molar-refractivity contribution in [3.8, 4) is 0 Å². The van der Waals surface area contributed by atoms with Gasteiger partial charge in [-0.25, -0.2) is 0 Å². The van der Waals surface area contributed by atoms with E-state index in [0.717, 1.165) is 19.3 Å². The van der Waals surface area contributed by atoms with E-state index in [-0.39, 0.29) is 11.0 Å². The van der Waals surface area contributed by atoms with Gasteiger partial charge in [0.1, 0.15) is 0 Å². The summed E-state index contributed by atoms with van der Waals surface area (Å²) in [7, 11) is 1.78. The Labute approximate surface area is 92.5 Å². The lowest BCUT2D eigenvalue weighted by Crippen LogP contribution is -2.22. The summed E-state index contributed by atoms with van der Waals surface area (Å²) in [6.07, 6.45) is 8.05. The molecule has 0 N–H and O–H groups in total. The largest absolute Gasteiger partial charge is 0.379 e. The molecule has 0 saturated carbocycles. The number of methoxy groups -OCH3 is 1. The molecule has 1 unspecified atom stereocenters. The van der Waals surface area contributed by atoms with Crippen molar-refractivity contribution in [3.63, 3.8) is 0 Å². The molecule has 0 bridgehead atoms. The number of allylic oxidation sites excluding steroid dienone is 2. The molecule has 1 aliphatic rings. The molecule has 0 aromatic carbocycles. The van der Waals surface area contributed by atoms with Crippen molar-refractivity contribution in [1.29, 1.82) is 0 Å². The minimum atomic E-state index is 0.0000959. The summed E-state index contributed by atoms with van der Waals surface area (Å²) in [5.74, 6) is 0. The highest BCUT2D eigenvalue weighted by Gasteiger charge is 2.18. The van der Waals surface area contributed by atoms with Crippen LogP contribution in [0.5, 0.6) is 0 Å². The van der Waals surface area contributed by atoms with Crippen LogP contribution in [0.4, 0.5) is 0 Å². The Kier molecular flexibility index (Phi) is 4.46. The van der Waals surface area contributed by atoms with Crippen LogP contribution in [0, 0.1) is 0 Å². The van der Waals surface area contributed by atoms with Crippen LogP contribution in [-0.2, 0) is 4.74 Å². The Morgan fingerprint density at radius 3 is 2.86 bits per heavy atom. The van der Waals surface area contributed by atoms with Crippen molar-refractivity contribution in [1.82, 2.24) is 0 Å². The Morgan fingerprint density at radius 2 is 2.29 bits per heavy atom. The van der Waals surface area contributed by atoms with Crippen LogP contribution < -0.4 is 0 Å². The second-order valence-corrected chi connectivity index (χ2v) is 5.26. The third-order valence-electron chi connectivity index (χ3n) is 3.00. The van der Waals surface area contributed by atoms with E-state index in [2.05, 4.69) is 19.9 Å². The molecular weight excluding hydrogens is 196 g/mol. The van der Waals surface area contributed by atoms with Gasteiger partial charge in [0.2, 0.25) is 0 Å². The van der Waals surface area contributed by atoms with Gasteiger partial charge in [0.25, 0.3) is 0 Å². The fraction of sp³-hybridized carbons (Fsp3) is 0.833. The van der Waals surface area contributed by atoms with Crippen molar-refractivity contribution >= 4 is 11.6 Å². The molecule has 0 fully saturated rings. The molecule has 14 heavy (non-hydrogen) atoms. The third-order valence-corrected chi connectivity index (χ3v) is 3.34. The highest BCUT2D eigenvalue weighted by Crippen LogP contribution is 2.27. The topological polar surface area (TPSA) is 9.23 Å². The first kappa shape index (κ1) is 12.1. The molecule has 1 aliphatic carbocycles. The van der Waals surface area contributed by atoms with E-state index in [4.69, 9.17) is 16.3 Å². The zero-order chi connectivity index (χ0) is 10.6. The Hall–Kier alpha value is -0.0100. The zero-order valence-electron chi connectivity index (χ0n) is 9.48. The first-order valence-corrected chi connectivity index (χ1v) is 5.86. The predicted molar refractivity (Wildman–Crippen MR) is 61.9 cm³/mol. The molecular formula is C12H21ClO. The van der Waals surface area contributed by atoms with Crippen molar-refractivity contribution in [3.05, 3.63) is 11.6 Å². The number of hydrogen-bond acceptors (Lipinski definition) is 1. The summed E-state index contributed by atoms with van der Waals surface area (Å²) in [6, 6.07) is 0. The normalized spacial score (nSPS) is 23.4. The molecule has 1 atom stereocenters. The van der Waals surface area contributed by atoms with Crippen LogP contribution in [0.1, 0.15) is 46.0 Å². The number of hydrogen-bond donors (Lipinski definition) is 0. The van der Waals surface area contributed by atoms with E-state index in [1.54, 1.807) is 7.11 Å². The lowest BCUT2D eigenvalue weighted by molar-refractivity contribution is 0.0156. The average molecular weight is 217 g/mol. The number of rotatable bonds is 4. The Balaban J connectivity index is 2.37. The van der Waals surface area contributed by atoms with Crippen LogP contribution in [-0.4, -0.2) is 18.1 Å². The van der Waals surface area contributed by atoms with Gasteiger partial charge in [-0.05, 0) is 46.0 Å². The maximum absolute atomic E-state index is 6.09. The van der Waals surface area contributed by atoms with Gasteiger partial charge in [0, 0.05) is 7.11 Å². The van der Waals surface area contributed by atoms with Gasteiger partial charge in [-0.2, -0.15) is 0 Å². The quantitative estimate of drug-likeness (QED) is 0.512. The highest BCUT2D eigenvalue weighted by molar-refractivity contribution is 6.21. The van der Waals surface area contributed by atoms with E-state index >= 15 is 0 Å². The first-order chi connectivity index (χ1) is 6.53. The minimum absolute atomic E-state index is 0.0000959. The van der Waals surface area contributed by atoms with Crippen molar-refractivity contribution in [2.45, 2.75) is 56.9 Å². The number of halogens is 1. The molecule has 0 saturated heterocycles. The van der Waals surface area contributed by atoms with Crippen LogP contribution >= 0.6 is 11.6 Å². The molecule has 0 amide bonds. The summed E-state index contributed by atoms with van der Waals surface area (Å²) in [5, 5.41) is 0.268. The Morgan fingerprint density at radius 1 is 1.57 bits per heavy atom. The monoisotopic (exact) mass is 216 g/mol. The molecule has 2 heteroatoms. The number of ether oxygens (including phenoxy) is 1. The molecule has 0 heterocycles. The minimum Gasteiger partial charge on any atom is -0.379 e. The van der Waals surface area contributed by atoms with E-state index in [0.29, 0.717) is 0 Å². The van der Waals surface area contributed by atoms with Crippen LogP contribution in [0.3, 0.4) is 0 Å². The Bertz CT molecular complexity index is 208. The third kappa shape index (κ3) is 4.02. The van der Waals surface area contributed by atoms with E-state index in [1.807, 2.05) is 0 Å². The smallest absolute Gasteiger partial charge is 0.0625 e. The fourth-order valence-electron chi connectivity index (χ4n) is 1.72. The molecule has 0 aliphatic heterocycles. The van der Waals surface area contributed by atoms with Gasteiger partial charge in [-0.15, -0.1) is 11.6 Å². The molecule has 0 aromatic rings. The summed E-state index contributed by atoms with van der Waals surface area (Å²) in [6.45, 7) is 4.27. The van der Waals surface area contributed by atoms with Crippen molar-refractivity contribution < 1.29 is 4.74 Å². The van der Waals surface area contributed by atoms with Gasteiger partial charge in [-0.1, -0.05) is 11.6 Å². The second-order valence-electron chi connectivity index (χ2n) is 4.70. The second kappa shape index (κ2) is 5.18. The van der Waals surface area contributed by atoms with Crippen LogP contribution in [0.15, 0.2) is 11.6 Å². The summed E-state index contributed by atoms with van der Waals surface area (Å²) in [4.78, 5) is 0. The maximum Gasteiger partial charge on any atom is 0.0625 e. The molecule has 1 rings (SSSR count). The molecule has 82 valence electrons. The lowest BCUT2D eigenvalue weighted by atomic mass is 9.91. The first-order valence-electron chi connectivity index (χ1n) is 5.42. The fourth-order valence-corrected chi connectivity index (χ4v) is 2.05. The standard InChI is InChI=1S/C12H21ClO/c1-12(2,14-3)8-7-10-5-4-6-11(13)9-10/h9,11H,4-8H2,1-3H3. The summed E-state index contributed by atoms with van der Waals surface area (Å²) in [5.41, 5.74) is 1.52. The van der Waals surface area contributed by atoms with E-state index in [9.17, 15) is 0 Å². The van der Waals surface area contributed by atoms with Crippen molar-refractivity contribution in [2.75, 3.05) is 7.11 Å². The van der Waals surface area contributed by atoms with Gasteiger partial charge in [-0.3, -0.25) is 0 Å². The summed E-state index contributed by atoms with van der Waals surface area (Å²) >= 11 is 6.09.